The number of likely N-dealkylation sites (N-methyl/N-ethyl adjacent to an activating group) is 1. The summed E-state index contributed by atoms with van der Waals surface area (Å²) in [5.74, 6) is -0.305. The third-order valence-electron chi connectivity index (χ3n) is 3.14. The van der Waals surface area contributed by atoms with Crippen molar-refractivity contribution in [1.29, 1.82) is 0 Å². The molecule has 1 aromatic rings. The summed E-state index contributed by atoms with van der Waals surface area (Å²) >= 11 is 5.85. The summed E-state index contributed by atoms with van der Waals surface area (Å²) in [5.41, 5.74) is 6.28. The Morgan fingerprint density at radius 3 is 2.57 bits per heavy atom. The van der Waals surface area contributed by atoms with Gasteiger partial charge in [0.1, 0.15) is 0 Å². The van der Waals surface area contributed by atoms with Crippen LogP contribution in [-0.4, -0.2) is 38.9 Å². The molecule has 3 N–H and O–H groups in total. The number of nitrogens with two attached hydrogens (primary N) is 1. The Bertz CT molecular complexity index is 646. The van der Waals surface area contributed by atoms with Gasteiger partial charge in [0.05, 0.1) is 21.6 Å². The number of hydrogen-bond donors (Lipinski definition) is 2. The molecular formula is C13H20ClN3O3S. The lowest BCUT2D eigenvalue weighted by atomic mass is 10.2. The molecular weight excluding hydrogens is 314 g/mol. The SMILES string of the molecule is CCN(C)C(=O)C(C)NS(=O)(=O)c1cc(N)c(Cl)cc1C. The minimum Gasteiger partial charge on any atom is -0.397 e. The zero-order valence-electron chi connectivity index (χ0n) is 12.5. The minimum absolute atomic E-state index is 0.0169. The molecule has 0 aliphatic heterocycles. The molecule has 1 amide bonds. The second-order valence-electron chi connectivity index (χ2n) is 4.83. The molecule has 118 valence electrons. The molecule has 8 heteroatoms. The number of hydrogen-bond acceptors (Lipinski definition) is 4. The predicted octanol–water partition coefficient (Wildman–Crippen LogP) is 1.38. The molecule has 0 spiro atoms. The number of nitrogens with zero attached hydrogens (tertiary/aromatic N) is 1. The van der Waals surface area contributed by atoms with Gasteiger partial charge in [-0.05, 0) is 38.5 Å². The number of sulfonamides is 1. The Balaban J connectivity index is 3.08. The van der Waals surface area contributed by atoms with E-state index >= 15 is 0 Å². The fraction of sp³-hybridized carbons (Fsp3) is 0.462. The van der Waals surface area contributed by atoms with E-state index in [0.29, 0.717) is 17.1 Å². The average molecular weight is 334 g/mol. The molecule has 1 aromatic carbocycles. The first-order chi connectivity index (χ1) is 9.60. The zero-order chi connectivity index (χ0) is 16.4. The summed E-state index contributed by atoms with van der Waals surface area (Å²) in [4.78, 5) is 13.4. The smallest absolute Gasteiger partial charge is 0.241 e. The maximum atomic E-state index is 12.4. The van der Waals surface area contributed by atoms with Gasteiger partial charge in [0.25, 0.3) is 0 Å². The number of carbonyl (C=O) groups excluding carboxylic acids is 1. The standard InChI is InChI=1S/C13H20ClN3O3S/c1-5-17(4)13(18)9(3)16-21(19,20)12-7-11(15)10(14)6-8(12)2/h6-7,9,16H,5,15H2,1-4H3. The molecule has 0 fully saturated rings. The topological polar surface area (TPSA) is 92.5 Å². The summed E-state index contributed by atoms with van der Waals surface area (Å²) in [5, 5.41) is 0.293. The molecule has 0 aromatic heterocycles. The van der Waals surface area contributed by atoms with Gasteiger partial charge in [0.15, 0.2) is 0 Å². The predicted molar refractivity (Wildman–Crippen MR) is 83.7 cm³/mol. The highest BCUT2D eigenvalue weighted by Crippen LogP contribution is 2.26. The summed E-state index contributed by atoms with van der Waals surface area (Å²) in [6, 6.07) is 1.91. The highest BCUT2D eigenvalue weighted by molar-refractivity contribution is 7.89. The van der Waals surface area contributed by atoms with Crippen LogP contribution in [0.15, 0.2) is 17.0 Å². The van der Waals surface area contributed by atoms with Crippen LogP contribution in [0.25, 0.3) is 0 Å². The lowest BCUT2D eigenvalue weighted by Gasteiger charge is -2.21. The van der Waals surface area contributed by atoms with Crippen LogP contribution in [0.2, 0.25) is 5.02 Å². The van der Waals surface area contributed by atoms with Gasteiger partial charge < -0.3 is 10.6 Å². The Labute approximate surface area is 130 Å². The molecule has 0 radical (unpaired) electrons. The first kappa shape index (κ1) is 17.7. The lowest BCUT2D eigenvalue weighted by Crippen LogP contribution is -2.45. The number of carbonyl (C=O) groups is 1. The van der Waals surface area contributed by atoms with Crippen LogP contribution >= 0.6 is 11.6 Å². The van der Waals surface area contributed by atoms with Crippen molar-refractivity contribution < 1.29 is 13.2 Å². The van der Waals surface area contributed by atoms with E-state index in [1.807, 2.05) is 6.92 Å². The normalized spacial score (nSPS) is 13.0. The number of nitrogen functional groups attached to an aromatic ring is 1. The highest BCUT2D eigenvalue weighted by Gasteiger charge is 2.25. The molecule has 1 atom stereocenters. The second-order valence-corrected chi connectivity index (χ2v) is 6.92. The molecule has 0 saturated heterocycles. The Morgan fingerprint density at radius 1 is 1.48 bits per heavy atom. The first-order valence-corrected chi connectivity index (χ1v) is 8.29. The van der Waals surface area contributed by atoms with E-state index in [-0.39, 0.29) is 16.5 Å². The van der Waals surface area contributed by atoms with Crippen molar-refractivity contribution in [3.63, 3.8) is 0 Å². The van der Waals surface area contributed by atoms with Crippen LogP contribution in [0.3, 0.4) is 0 Å². The molecule has 0 aliphatic rings. The van der Waals surface area contributed by atoms with Crippen LogP contribution in [0, 0.1) is 6.92 Å². The van der Waals surface area contributed by atoms with Gasteiger partial charge in [-0.1, -0.05) is 11.6 Å². The Hall–Kier alpha value is -1.31. The quantitative estimate of drug-likeness (QED) is 0.796. The number of anilines is 1. The highest BCUT2D eigenvalue weighted by atomic mass is 35.5. The molecule has 21 heavy (non-hydrogen) atoms. The van der Waals surface area contributed by atoms with E-state index in [4.69, 9.17) is 17.3 Å². The molecule has 0 saturated carbocycles. The molecule has 0 bridgehead atoms. The van der Waals surface area contributed by atoms with Gasteiger partial charge in [0, 0.05) is 13.6 Å². The lowest BCUT2D eigenvalue weighted by molar-refractivity contribution is -0.131. The van der Waals surface area contributed by atoms with Crippen LogP contribution in [0.5, 0.6) is 0 Å². The maximum absolute atomic E-state index is 12.4. The fourth-order valence-electron chi connectivity index (χ4n) is 1.79. The van der Waals surface area contributed by atoms with Crippen molar-refractivity contribution in [3.05, 3.63) is 22.7 Å². The van der Waals surface area contributed by atoms with Crippen molar-refractivity contribution in [2.75, 3.05) is 19.3 Å². The van der Waals surface area contributed by atoms with Crippen LogP contribution in [-0.2, 0) is 14.8 Å². The van der Waals surface area contributed by atoms with Crippen molar-refractivity contribution in [2.45, 2.75) is 31.7 Å². The van der Waals surface area contributed by atoms with Crippen molar-refractivity contribution in [1.82, 2.24) is 9.62 Å². The number of rotatable bonds is 5. The van der Waals surface area contributed by atoms with E-state index in [0.717, 1.165) is 0 Å². The molecule has 0 heterocycles. The largest absolute Gasteiger partial charge is 0.397 e. The summed E-state index contributed by atoms with van der Waals surface area (Å²) < 4.78 is 27.1. The van der Waals surface area contributed by atoms with E-state index in [1.165, 1.54) is 24.0 Å². The van der Waals surface area contributed by atoms with Gasteiger partial charge >= 0.3 is 0 Å². The number of benzene rings is 1. The van der Waals surface area contributed by atoms with Crippen molar-refractivity contribution >= 4 is 33.2 Å². The third kappa shape index (κ3) is 4.09. The van der Waals surface area contributed by atoms with E-state index in [1.54, 1.807) is 14.0 Å². The summed E-state index contributed by atoms with van der Waals surface area (Å²) in [6.07, 6.45) is 0. The average Bonchev–Trinajstić information content (AvgIpc) is 2.40. The van der Waals surface area contributed by atoms with Crippen LogP contribution in [0.1, 0.15) is 19.4 Å². The monoisotopic (exact) mass is 333 g/mol. The van der Waals surface area contributed by atoms with Gasteiger partial charge in [-0.15, -0.1) is 0 Å². The summed E-state index contributed by atoms with van der Waals surface area (Å²) in [7, 11) is -2.24. The number of amides is 1. The Morgan fingerprint density at radius 2 is 2.05 bits per heavy atom. The van der Waals surface area contributed by atoms with Gasteiger partial charge in [-0.3, -0.25) is 4.79 Å². The van der Waals surface area contributed by atoms with Gasteiger partial charge in [0.2, 0.25) is 15.9 Å². The second kappa shape index (κ2) is 6.64. The van der Waals surface area contributed by atoms with Crippen molar-refractivity contribution in [2.24, 2.45) is 0 Å². The Kier molecular flexibility index (Phi) is 5.61. The van der Waals surface area contributed by atoms with Crippen LogP contribution in [0.4, 0.5) is 5.69 Å². The van der Waals surface area contributed by atoms with Gasteiger partial charge in [-0.2, -0.15) is 4.72 Å². The van der Waals surface area contributed by atoms with E-state index in [9.17, 15) is 13.2 Å². The molecule has 0 aliphatic carbocycles. The van der Waals surface area contributed by atoms with Crippen LogP contribution < -0.4 is 10.5 Å². The maximum Gasteiger partial charge on any atom is 0.241 e. The summed E-state index contributed by atoms with van der Waals surface area (Å²) in [6.45, 7) is 5.42. The molecule has 1 unspecified atom stereocenters. The van der Waals surface area contributed by atoms with E-state index < -0.39 is 16.1 Å². The minimum atomic E-state index is -3.85. The van der Waals surface area contributed by atoms with Crippen molar-refractivity contribution in [3.8, 4) is 0 Å². The third-order valence-corrected chi connectivity index (χ3v) is 5.15. The number of aryl methyl sites for hydroxylation is 1. The zero-order valence-corrected chi connectivity index (χ0v) is 14.0. The number of nitrogens with one attached hydrogen (secondary N) is 1. The molecule has 6 nitrogen and oxygen atoms in total. The van der Waals surface area contributed by atoms with E-state index in [2.05, 4.69) is 4.72 Å². The first-order valence-electron chi connectivity index (χ1n) is 6.43. The number of halogens is 1. The van der Waals surface area contributed by atoms with Gasteiger partial charge in [-0.25, -0.2) is 8.42 Å². The molecule has 1 rings (SSSR count). The fourth-order valence-corrected chi connectivity index (χ4v) is 3.47.